The average molecular weight is 409 g/mol. The molecule has 0 saturated heterocycles. The van der Waals surface area contributed by atoms with Crippen molar-refractivity contribution >= 4 is 0 Å². The third-order valence-corrected chi connectivity index (χ3v) is 18.7. The van der Waals surface area contributed by atoms with Gasteiger partial charge in [0, 0.05) is 0 Å². The van der Waals surface area contributed by atoms with Crippen LogP contribution < -0.4 is 6.61 Å². The summed E-state index contributed by atoms with van der Waals surface area (Å²) in [5, 5.41) is 0. The van der Waals surface area contributed by atoms with E-state index in [1.165, 1.54) is 60.0 Å². The number of rotatable bonds is 12. The summed E-state index contributed by atoms with van der Waals surface area (Å²) < 4.78 is 11.0. The van der Waals surface area contributed by atoms with Crippen LogP contribution in [0.3, 0.4) is 0 Å². The Labute approximate surface area is 114 Å². The van der Waals surface area contributed by atoms with Gasteiger partial charge in [-0.1, -0.05) is 0 Å². The average Bonchev–Trinajstić information content (AvgIpc) is 2.37. The van der Waals surface area contributed by atoms with E-state index in [9.17, 15) is 0 Å². The molecule has 0 aliphatic rings. The van der Waals surface area contributed by atoms with Crippen LogP contribution in [0.15, 0.2) is 0 Å². The molecule has 0 atom stereocenters. The zero-order valence-corrected chi connectivity index (χ0v) is 16.2. The second-order valence-corrected chi connectivity index (χ2v) is 19.1. The summed E-state index contributed by atoms with van der Waals surface area (Å²) in [5.41, 5.74) is 0. The Bertz CT molecular complexity index is 125. The first-order valence-electron chi connectivity index (χ1n) is 7.74. The van der Waals surface area contributed by atoms with Gasteiger partial charge in [0.05, 0.1) is 0 Å². The molecule has 0 heterocycles. The summed E-state index contributed by atoms with van der Waals surface area (Å²) in [4.78, 5) is 0. The summed E-state index contributed by atoms with van der Waals surface area (Å²) in [5.74, 6) is 0. The van der Waals surface area contributed by atoms with Crippen LogP contribution in [0.5, 0.6) is 0 Å². The molecule has 0 fully saturated rings. The van der Waals surface area contributed by atoms with Crippen LogP contribution in [0, 0.1) is 0 Å². The van der Waals surface area contributed by atoms with E-state index >= 15 is 0 Å². The molecule has 0 bridgehead atoms. The van der Waals surface area contributed by atoms with Crippen molar-refractivity contribution in [1.82, 2.24) is 6.61 Å². The zero-order chi connectivity index (χ0) is 13.0. The molecule has 3 heteroatoms. The molecule has 0 aromatic carbocycles. The van der Waals surface area contributed by atoms with Crippen molar-refractivity contribution in [3.63, 3.8) is 0 Å². The molecule has 2 nitrogen and oxygen atoms in total. The Balaban J connectivity index is 4.39. The molecule has 0 aliphatic carbocycles. The monoisotopic (exact) mass is 410 g/mol. The van der Waals surface area contributed by atoms with Crippen LogP contribution >= 0.6 is 0 Å². The maximum absolute atomic E-state index is 4.00. The Hall–Kier alpha value is 0.790. The predicted molar refractivity (Wildman–Crippen MR) is 76.0 cm³/mol. The molecular formula is C14H34HfN2. The normalized spacial score (nSPS) is 12.0. The molecule has 0 amide bonds. The van der Waals surface area contributed by atoms with Gasteiger partial charge in [0.25, 0.3) is 0 Å². The molecular weight excluding hydrogens is 375 g/mol. The van der Waals surface area contributed by atoms with E-state index in [1.807, 2.05) is 0 Å². The standard InChI is InChI=1S/2C4H9.2C3H8N.Hf/c2*1-3-4-2;2*1-2-3-4;/h2*1,3-4H2,2H3;2*4H,2-3H2,1H3;/q;;2*-1;+2. The van der Waals surface area contributed by atoms with Gasteiger partial charge in [-0.15, -0.1) is 0 Å². The van der Waals surface area contributed by atoms with Gasteiger partial charge in [-0.3, -0.25) is 0 Å². The Kier molecular flexibility index (Phi) is 12.4. The molecule has 0 aromatic heterocycles. The summed E-state index contributed by atoms with van der Waals surface area (Å²) in [7, 11) is 0. The fourth-order valence-electron chi connectivity index (χ4n) is 2.23. The summed E-state index contributed by atoms with van der Waals surface area (Å²) in [6, 6.07) is 0. The van der Waals surface area contributed by atoms with Crippen LogP contribution in [0.2, 0.25) is 8.35 Å². The van der Waals surface area contributed by atoms with E-state index in [0.29, 0.717) is 0 Å². The van der Waals surface area contributed by atoms with Crippen LogP contribution in [-0.2, 0) is 20.5 Å². The van der Waals surface area contributed by atoms with Crippen LogP contribution in [-0.4, -0.2) is 13.1 Å². The molecule has 104 valence electrons. The van der Waals surface area contributed by atoms with E-state index in [2.05, 4.69) is 34.3 Å². The number of hydrogen-bond acceptors (Lipinski definition) is 2. The van der Waals surface area contributed by atoms with Crippen LogP contribution in [0.4, 0.5) is 0 Å². The van der Waals surface area contributed by atoms with Crippen molar-refractivity contribution in [3.05, 3.63) is 0 Å². The van der Waals surface area contributed by atoms with Crippen molar-refractivity contribution in [2.24, 2.45) is 0 Å². The van der Waals surface area contributed by atoms with Gasteiger partial charge in [0.2, 0.25) is 0 Å². The minimum atomic E-state index is -2.33. The second kappa shape index (κ2) is 11.9. The minimum absolute atomic E-state index is 1.23. The first-order chi connectivity index (χ1) is 8.24. The van der Waals surface area contributed by atoms with E-state index in [-0.39, 0.29) is 0 Å². The molecule has 0 spiro atoms. The SMILES string of the molecule is CCC[CH2][Hf]([CH2]CCC)([NH]CCC)[NH]CCC. The van der Waals surface area contributed by atoms with E-state index in [1.54, 1.807) is 0 Å². The molecule has 0 aliphatic heterocycles. The first-order valence-corrected chi connectivity index (χ1v) is 16.4. The predicted octanol–water partition coefficient (Wildman–Crippen LogP) is 4.41. The number of nitrogens with one attached hydrogen (secondary N) is 2. The van der Waals surface area contributed by atoms with E-state index in [0.717, 1.165) is 0 Å². The Morgan fingerprint density at radius 1 is 0.647 bits per heavy atom. The first kappa shape index (κ1) is 17.8. The van der Waals surface area contributed by atoms with Crippen molar-refractivity contribution in [2.75, 3.05) is 13.1 Å². The molecule has 0 rings (SSSR count). The molecule has 0 radical (unpaired) electrons. The van der Waals surface area contributed by atoms with Gasteiger partial charge in [-0.05, 0) is 0 Å². The van der Waals surface area contributed by atoms with Gasteiger partial charge in [-0.25, -0.2) is 0 Å². The van der Waals surface area contributed by atoms with Gasteiger partial charge in [0.1, 0.15) is 0 Å². The maximum atomic E-state index is 4.00. The molecule has 0 saturated carbocycles. The van der Waals surface area contributed by atoms with Crippen LogP contribution in [0.1, 0.15) is 66.2 Å². The van der Waals surface area contributed by atoms with Crippen molar-refractivity contribution in [1.29, 1.82) is 0 Å². The number of unbranched alkanes of at least 4 members (excludes halogenated alkanes) is 2. The summed E-state index contributed by atoms with van der Waals surface area (Å²) in [6.07, 6.45) is 8.06. The molecule has 2 N–H and O–H groups in total. The van der Waals surface area contributed by atoms with Crippen molar-refractivity contribution in [2.45, 2.75) is 74.6 Å². The van der Waals surface area contributed by atoms with Gasteiger partial charge < -0.3 is 0 Å². The second-order valence-electron chi connectivity index (χ2n) is 5.14. The Morgan fingerprint density at radius 3 is 1.35 bits per heavy atom. The third-order valence-electron chi connectivity index (χ3n) is 3.34. The molecule has 0 unspecified atom stereocenters. The Morgan fingerprint density at radius 2 is 1.06 bits per heavy atom. The zero-order valence-electron chi connectivity index (χ0n) is 12.6. The van der Waals surface area contributed by atoms with Crippen molar-refractivity contribution < 1.29 is 20.5 Å². The quantitative estimate of drug-likeness (QED) is 0.467. The van der Waals surface area contributed by atoms with E-state index < -0.39 is 20.5 Å². The van der Waals surface area contributed by atoms with Crippen LogP contribution in [0.25, 0.3) is 0 Å². The fourth-order valence-corrected chi connectivity index (χ4v) is 18.2. The molecule has 0 aromatic rings. The van der Waals surface area contributed by atoms with Gasteiger partial charge in [0.15, 0.2) is 0 Å². The number of hydrogen-bond donors (Lipinski definition) is 2. The van der Waals surface area contributed by atoms with Gasteiger partial charge >= 0.3 is 115 Å². The molecule has 17 heavy (non-hydrogen) atoms. The summed E-state index contributed by atoms with van der Waals surface area (Å²) >= 11 is -2.33. The topological polar surface area (TPSA) is 24.1 Å². The van der Waals surface area contributed by atoms with Crippen molar-refractivity contribution in [3.8, 4) is 0 Å². The van der Waals surface area contributed by atoms with Gasteiger partial charge in [-0.2, -0.15) is 0 Å². The summed E-state index contributed by atoms with van der Waals surface area (Å²) in [6.45, 7) is 11.7. The van der Waals surface area contributed by atoms with E-state index in [4.69, 9.17) is 0 Å². The third kappa shape index (κ3) is 8.50. The fraction of sp³-hybridized carbons (Fsp3) is 1.00.